The number of pyridine rings is 1. The van der Waals surface area contributed by atoms with E-state index in [0.29, 0.717) is 0 Å². The molecule has 24 heavy (non-hydrogen) atoms. The number of benzene rings is 1. The van der Waals surface area contributed by atoms with Gasteiger partial charge in [0.1, 0.15) is 5.82 Å². The molecule has 0 radical (unpaired) electrons. The molecule has 1 fully saturated rings. The first-order valence-electron chi connectivity index (χ1n) is 7.76. The van der Waals surface area contributed by atoms with E-state index in [2.05, 4.69) is 20.9 Å². The highest BCUT2D eigenvalue weighted by atomic mass is 32.1. The summed E-state index contributed by atoms with van der Waals surface area (Å²) in [5, 5.41) is 10.1. The second-order valence-electron chi connectivity index (χ2n) is 5.62. The molecule has 0 amide bonds. The van der Waals surface area contributed by atoms with Gasteiger partial charge in [0.25, 0.3) is 0 Å². The summed E-state index contributed by atoms with van der Waals surface area (Å²) in [5.41, 5.74) is 1.12. The van der Waals surface area contributed by atoms with Gasteiger partial charge in [0.15, 0.2) is 10.8 Å². The summed E-state index contributed by atoms with van der Waals surface area (Å²) in [5.74, 6) is -0.274. The molecule has 122 valence electrons. The third-order valence-corrected chi connectivity index (χ3v) is 5.21. The number of aromatic carboxylic acids is 1. The summed E-state index contributed by atoms with van der Waals surface area (Å²) in [6.45, 7) is 3.29. The minimum absolute atomic E-state index is 0.0844. The summed E-state index contributed by atoms with van der Waals surface area (Å²) in [7, 11) is 0. The topological polar surface area (TPSA) is 69.6 Å². The largest absolute Gasteiger partial charge is 0.477 e. The van der Waals surface area contributed by atoms with Crippen molar-refractivity contribution in [2.75, 3.05) is 36.0 Å². The molecule has 3 aromatic rings. The molecule has 6 nitrogen and oxygen atoms in total. The zero-order valence-corrected chi connectivity index (χ0v) is 13.7. The van der Waals surface area contributed by atoms with Gasteiger partial charge in [-0.15, -0.1) is 0 Å². The summed E-state index contributed by atoms with van der Waals surface area (Å²) < 4.78 is 1.20. The van der Waals surface area contributed by atoms with Crippen molar-refractivity contribution in [2.24, 2.45) is 0 Å². The van der Waals surface area contributed by atoms with Crippen molar-refractivity contribution in [3.05, 3.63) is 48.2 Å². The first-order valence-corrected chi connectivity index (χ1v) is 8.58. The van der Waals surface area contributed by atoms with E-state index in [1.165, 1.54) is 10.8 Å². The van der Waals surface area contributed by atoms with Gasteiger partial charge >= 0.3 is 5.97 Å². The number of anilines is 2. The van der Waals surface area contributed by atoms with Crippen LogP contribution in [0, 0.1) is 0 Å². The number of hydrogen-bond acceptors (Lipinski definition) is 6. The van der Waals surface area contributed by atoms with Crippen molar-refractivity contribution >= 4 is 38.5 Å². The highest BCUT2D eigenvalue weighted by Gasteiger charge is 2.21. The van der Waals surface area contributed by atoms with Crippen molar-refractivity contribution < 1.29 is 9.90 Å². The molecule has 1 aliphatic rings. The third kappa shape index (κ3) is 2.78. The van der Waals surface area contributed by atoms with E-state index in [-0.39, 0.29) is 5.69 Å². The van der Waals surface area contributed by atoms with Gasteiger partial charge < -0.3 is 14.9 Å². The summed E-state index contributed by atoms with van der Waals surface area (Å²) >= 11 is 1.71. The van der Waals surface area contributed by atoms with Crippen molar-refractivity contribution in [3.8, 4) is 0 Å². The Kier molecular flexibility index (Phi) is 3.78. The number of rotatable bonds is 3. The fourth-order valence-electron chi connectivity index (χ4n) is 2.84. The van der Waals surface area contributed by atoms with Gasteiger partial charge in [-0.2, -0.15) is 0 Å². The van der Waals surface area contributed by atoms with Crippen LogP contribution in [0.3, 0.4) is 0 Å². The fourth-order valence-corrected chi connectivity index (χ4v) is 3.86. The molecule has 0 aliphatic carbocycles. The lowest BCUT2D eigenvalue weighted by molar-refractivity contribution is 0.0690. The summed E-state index contributed by atoms with van der Waals surface area (Å²) in [4.78, 5) is 24.4. The maximum absolute atomic E-state index is 11.1. The van der Waals surface area contributed by atoms with Crippen LogP contribution in [-0.4, -0.2) is 47.2 Å². The Balaban J connectivity index is 1.48. The Labute approximate surface area is 143 Å². The SMILES string of the molecule is O=C(O)c1cccc(N2CCN(c3nc4ccccc4s3)CC2)n1. The van der Waals surface area contributed by atoms with E-state index in [1.807, 2.05) is 24.3 Å². The highest BCUT2D eigenvalue weighted by Crippen LogP contribution is 2.29. The number of nitrogens with zero attached hydrogens (tertiary/aromatic N) is 4. The predicted molar refractivity (Wildman–Crippen MR) is 95.2 cm³/mol. The monoisotopic (exact) mass is 340 g/mol. The standard InChI is InChI=1S/C17H16N4O2S/c22-16(23)13-5-3-7-15(18-13)20-8-10-21(11-9-20)17-19-12-4-1-2-6-14(12)24-17/h1-7H,8-11H2,(H,22,23). The zero-order chi connectivity index (χ0) is 16.5. The molecule has 4 rings (SSSR count). The molecule has 0 bridgehead atoms. The molecule has 1 aromatic carbocycles. The van der Waals surface area contributed by atoms with Crippen molar-refractivity contribution in [2.45, 2.75) is 0 Å². The second-order valence-corrected chi connectivity index (χ2v) is 6.63. The summed E-state index contributed by atoms with van der Waals surface area (Å²) in [6.07, 6.45) is 0. The Morgan fingerprint density at radius 2 is 1.71 bits per heavy atom. The minimum Gasteiger partial charge on any atom is -0.477 e. The van der Waals surface area contributed by atoms with Crippen LogP contribution in [0.5, 0.6) is 0 Å². The van der Waals surface area contributed by atoms with Gasteiger partial charge in [0.2, 0.25) is 0 Å². The Bertz CT molecular complexity index is 854. The number of hydrogen-bond donors (Lipinski definition) is 1. The first-order chi connectivity index (χ1) is 11.7. The predicted octanol–water partition coefficient (Wildman–Crippen LogP) is 2.72. The van der Waals surface area contributed by atoms with Crippen LogP contribution in [0.1, 0.15) is 10.5 Å². The van der Waals surface area contributed by atoms with Gasteiger partial charge in [-0.3, -0.25) is 0 Å². The zero-order valence-electron chi connectivity index (χ0n) is 12.9. The quantitative estimate of drug-likeness (QED) is 0.791. The Morgan fingerprint density at radius 3 is 2.46 bits per heavy atom. The first kappa shape index (κ1) is 14.9. The van der Waals surface area contributed by atoms with E-state index in [0.717, 1.165) is 42.6 Å². The fraction of sp³-hybridized carbons (Fsp3) is 0.235. The summed E-state index contributed by atoms with van der Waals surface area (Å²) in [6, 6.07) is 13.3. The number of piperazine rings is 1. The van der Waals surface area contributed by atoms with E-state index in [9.17, 15) is 4.79 Å². The van der Waals surface area contributed by atoms with E-state index >= 15 is 0 Å². The van der Waals surface area contributed by atoms with Crippen molar-refractivity contribution in [1.82, 2.24) is 9.97 Å². The number of carboxylic acids is 1. The maximum Gasteiger partial charge on any atom is 0.354 e. The number of fused-ring (bicyclic) bond motifs is 1. The molecule has 1 aliphatic heterocycles. The number of aromatic nitrogens is 2. The molecule has 3 heterocycles. The molecule has 0 spiro atoms. The highest BCUT2D eigenvalue weighted by molar-refractivity contribution is 7.22. The number of thiazole rings is 1. The number of para-hydroxylation sites is 1. The molecule has 2 aromatic heterocycles. The van der Waals surface area contributed by atoms with Gasteiger partial charge in [-0.25, -0.2) is 14.8 Å². The lowest BCUT2D eigenvalue weighted by atomic mass is 10.3. The minimum atomic E-state index is -0.995. The molecule has 0 atom stereocenters. The van der Waals surface area contributed by atoms with Crippen LogP contribution in [-0.2, 0) is 0 Å². The smallest absolute Gasteiger partial charge is 0.354 e. The Morgan fingerprint density at radius 1 is 0.958 bits per heavy atom. The molecular weight excluding hydrogens is 324 g/mol. The van der Waals surface area contributed by atoms with Crippen LogP contribution in [0.25, 0.3) is 10.2 Å². The molecule has 1 N–H and O–H groups in total. The van der Waals surface area contributed by atoms with Gasteiger partial charge in [-0.05, 0) is 24.3 Å². The molecule has 1 saturated heterocycles. The van der Waals surface area contributed by atoms with E-state index in [1.54, 1.807) is 17.4 Å². The van der Waals surface area contributed by atoms with Crippen LogP contribution in [0.2, 0.25) is 0 Å². The lowest BCUT2D eigenvalue weighted by Gasteiger charge is -2.35. The van der Waals surface area contributed by atoms with Crippen molar-refractivity contribution in [1.29, 1.82) is 0 Å². The number of carboxylic acid groups (broad SMARTS) is 1. The van der Waals surface area contributed by atoms with Crippen molar-refractivity contribution in [3.63, 3.8) is 0 Å². The van der Waals surface area contributed by atoms with E-state index < -0.39 is 5.97 Å². The lowest BCUT2D eigenvalue weighted by Crippen LogP contribution is -2.46. The average molecular weight is 340 g/mol. The third-order valence-electron chi connectivity index (χ3n) is 4.11. The second kappa shape index (κ2) is 6.09. The van der Waals surface area contributed by atoms with Gasteiger partial charge in [-0.1, -0.05) is 29.5 Å². The van der Waals surface area contributed by atoms with Crippen LogP contribution >= 0.6 is 11.3 Å². The van der Waals surface area contributed by atoms with E-state index in [4.69, 9.17) is 10.1 Å². The van der Waals surface area contributed by atoms with Gasteiger partial charge in [0, 0.05) is 26.2 Å². The molecule has 0 unspecified atom stereocenters. The van der Waals surface area contributed by atoms with Crippen LogP contribution < -0.4 is 9.80 Å². The normalized spacial score (nSPS) is 15.0. The Hall–Kier alpha value is -2.67. The van der Waals surface area contributed by atoms with Gasteiger partial charge in [0.05, 0.1) is 10.2 Å². The molecular formula is C17H16N4O2S. The molecule has 0 saturated carbocycles. The van der Waals surface area contributed by atoms with Crippen LogP contribution in [0.15, 0.2) is 42.5 Å². The molecule has 7 heteroatoms. The number of carbonyl (C=O) groups is 1. The van der Waals surface area contributed by atoms with Crippen LogP contribution in [0.4, 0.5) is 10.9 Å². The average Bonchev–Trinajstić information content (AvgIpc) is 3.06. The maximum atomic E-state index is 11.1.